The third kappa shape index (κ3) is 4.53. The first-order chi connectivity index (χ1) is 12.3. The summed E-state index contributed by atoms with van der Waals surface area (Å²) in [6.07, 6.45) is 4.42. The maximum atomic E-state index is 12.4. The number of hydrogen-bond donors (Lipinski definition) is 1. The van der Waals surface area contributed by atoms with Crippen molar-refractivity contribution in [1.82, 2.24) is 9.62 Å². The number of methoxy groups -OCH3 is 1. The fourth-order valence-electron chi connectivity index (χ4n) is 2.24. The molecule has 0 saturated heterocycles. The molecule has 0 bridgehead atoms. The molecule has 0 aliphatic rings. The number of amides is 1. The maximum Gasteiger partial charge on any atom is 0.246 e. The molecule has 1 aromatic heterocycles. The van der Waals surface area contributed by atoms with Crippen LogP contribution in [0.5, 0.6) is 5.75 Å². The zero-order valence-electron chi connectivity index (χ0n) is 15.1. The van der Waals surface area contributed by atoms with Crippen LogP contribution in [-0.4, -0.2) is 39.8 Å². The van der Waals surface area contributed by atoms with Gasteiger partial charge < -0.3 is 14.5 Å². The zero-order valence-corrected chi connectivity index (χ0v) is 15.9. The van der Waals surface area contributed by atoms with Crippen LogP contribution in [0.15, 0.2) is 52.0 Å². The molecule has 0 spiro atoms. The minimum Gasteiger partial charge on any atom is -0.495 e. The Morgan fingerprint density at radius 3 is 2.62 bits per heavy atom. The van der Waals surface area contributed by atoms with E-state index in [-0.39, 0.29) is 22.6 Å². The molecule has 1 heterocycles. The summed E-state index contributed by atoms with van der Waals surface area (Å²) in [6, 6.07) is 7.94. The van der Waals surface area contributed by atoms with E-state index in [4.69, 9.17) is 9.15 Å². The number of nitrogens with one attached hydrogen (secondary N) is 1. The Morgan fingerprint density at radius 1 is 1.31 bits per heavy atom. The van der Waals surface area contributed by atoms with Crippen LogP contribution in [-0.2, 0) is 14.8 Å². The first-order valence-electron chi connectivity index (χ1n) is 7.88. The second-order valence-electron chi connectivity index (χ2n) is 5.78. The molecule has 8 heteroatoms. The van der Waals surface area contributed by atoms with Gasteiger partial charge in [0.15, 0.2) is 0 Å². The van der Waals surface area contributed by atoms with Crippen molar-refractivity contribution in [3.8, 4) is 5.75 Å². The Labute approximate surface area is 153 Å². The van der Waals surface area contributed by atoms with Crippen LogP contribution in [0.1, 0.15) is 24.3 Å². The Morgan fingerprint density at radius 2 is 2.04 bits per heavy atom. The normalized spacial score (nSPS) is 13.1. The molecule has 0 unspecified atom stereocenters. The summed E-state index contributed by atoms with van der Waals surface area (Å²) in [7, 11) is 0.628. The predicted molar refractivity (Wildman–Crippen MR) is 98.2 cm³/mol. The number of nitrogens with zero attached hydrogens (tertiary/aromatic N) is 1. The molecule has 0 radical (unpaired) electrons. The van der Waals surface area contributed by atoms with E-state index in [9.17, 15) is 13.2 Å². The van der Waals surface area contributed by atoms with Gasteiger partial charge in [0.2, 0.25) is 15.9 Å². The van der Waals surface area contributed by atoms with Crippen LogP contribution in [0.3, 0.4) is 0 Å². The smallest absolute Gasteiger partial charge is 0.246 e. The molecule has 1 N–H and O–H groups in total. The predicted octanol–water partition coefficient (Wildman–Crippen LogP) is 2.43. The zero-order chi connectivity index (χ0) is 19.3. The first-order valence-corrected chi connectivity index (χ1v) is 9.32. The lowest BCUT2D eigenvalue weighted by molar-refractivity contribution is -0.117. The van der Waals surface area contributed by atoms with E-state index in [0.29, 0.717) is 11.3 Å². The second-order valence-corrected chi connectivity index (χ2v) is 7.90. The van der Waals surface area contributed by atoms with Gasteiger partial charge in [-0.25, -0.2) is 12.7 Å². The Bertz CT molecular complexity index is 886. The van der Waals surface area contributed by atoms with Gasteiger partial charge >= 0.3 is 0 Å². The minimum atomic E-state index is -3.67. The fraction of sp³-hybridized carbons (Fsp3) is 0.278. The lowest BCUT2D eigenvalue weighted by atomic mass is 10.2. The highest BCUT2D eigenvalue weighted by atomic mass is 32.2. The van der Waals surface area contributed by atoms with E-state index in [0.717, 1.165) is 4.31 Å². The van der Waals surface area contributed by atoms with Crippen molar-refractivity contribution in [3.63, 3.8) is 0 Å². The second kappa shape index (κ2) is 8.20. The van der Waals surface area contributed by atoms with E-state index < -0.39 is 10.0 Å². The molecule has 0 saturated carbocycles. The first kappa shape index (κ1) is 19.7. The highest BCUT2D eigenvalue weighted by molar-refractivity contribution is 7.89. The molecule has 0 fully saturated rings. The van der Waals surface area contributed by atoms with E-state index >= 15 is 0 Å². The number of sulfonamides is 1. The number of ether oxygens (including phenoxy) is 1. The van der Waals surface area contributed by atoms with Crippen molar-refractivity contribution in [2.24, 2.45) is 0 Å². The number of furan rings is 1. The van der Waals surface area contributed by atoms with Crippen LogP contribution in [0.2, 0.25) is 0 Å². The molecular weight excluding hydrogens is 356 g/mol. The van der Waals surface area contributed by atoms with Crippen LogP contribution in [0, 0.1) is 0 Å². The van der Waals surface area contributed by atoms with Crippen molar-refractivity contribution in [1.29, 1.82) is 0 Å². The lowest BCUT2D eigenvalue weighted by Gasteiger charge is -2.15. The van der Waals surface area contributed by atoms with Crippen LogP contribution >= 0.6 is 0 Å². The van der Waals surface area contributed by atoms with Gasteiger partial charge in [-0.2, -0.15) is 0 Å². The summed E-state index contributed by atoms with van der Waals surface area (Å²) in [4.78, 5) is 12.1. The molecule has 2 rings (SSSR count). The monoisotopic (exact) mass is 378 g/mol. The van der Waals surface area contributed by atoms with Crippen molar-refractivity contribution in [2.75, 3.05) is 21.2 Å². The molecule has 0 aliphatic heterocycles. The van der Waals surface area contributed by atoms with Crippen molar-refractivity contribution < 1.29 is 22.4 Å². The van der Waals surface area contributed by atoms with E-state index in [1.165, 1.54) is 45.7 Å². The third-order valence-corrected chi connectivity index (χ3v) is 5.54. The van der Waals surface area contributed by atoms with Gasteiger partial charge in [0, 0.05) is 20.2 Å². The number of carbonyl (C=O) groups excluding carboxylic acids is 1. The Kier molecular flexibility index (Phi) is 6.23. The van der Waals surface area contributed by atoms with Gasteiger partial charge in [-0.1, -0.05) is 6.07 Å². The number of benzene rings is 1. The molecule has 2 aromatic rings. The number of carbonyl (C=O) groups is 1. The topological polar surface area (TPSA) is 88.8 Å². The van der Waals surface area contributed by atoms with Gasteiger partial charge in [-0.15, -0.1) is 0 Å². The highest BCUT2D eigenvalue weighted by Crippen LogP contribution is 2.27. The van der Waals surface area contributed by atoms with Gasteiger partial charge in [-0.3, -0.25) is 4.79 Å². The molecular formula is C18H22N2O5S. The molecule has 1 atom stereocenters. The van der Waals surface area contributed by atoms with Gasteiger partial charge in [0.25, 0.3) is 0 Å². The summed E-state index contributed by atoms with van der Waals surface area (Å²) in [6.45, 7) is 1.81. The van der Waals surface area contributed by atoms with Crippen LogP contribution in [0.4, 0.5) is 0 Å². The van der Waals surface area contributed by atoms with E-state index in [1.807, 2.05) is 0 Å². The fourth-order valence-corrected chi connectivity index (χ4v) is 3.32. The molecule has 0 aliphatic carbocycles. The lowest BCUT2D eigenvalue weighted by Crippen LogP contribution is -2.24. The number of hydrogen-bond acceptors (Lipinski definition) is 5. The largest absolute Gasteiger partial charge is 0.495 e. The Balaban J connectivity index is 2.19. The standard InChI is InChI=1S/C18H22N2O5S/c1-13(15-6-5-11-25-15)19-18(21)10-8-14-7-9-16(24-4)17(12-14)26(22,23)20(2)3/h5-13H,1-4H3,(H,19,21)/b10-8+/t13-/m0/s1. The SMILES string of the molecule is COc1ccc(/C=C/C(=O)N[C@@H](C)c2ccco2)cc1S(=O)(=O)N(C)C. The molecule has 26 heavy (non-hydrogen) atoms. The van der Waals surface area contributed by atoms with E-state index in [1.54, 1.807) is 31.2 Å². The highest BCUT2D eigenvalue weighted by Gasteiger charge is 2.22. The van der Waals surface area contributed by atoms with Crippen molar-refractivity contribution >= 4 is 22.0 Å². The molecule has 7 nitrogen and oxygen atoms in total. The average Bonchev–Trinajstić information content (AvgIpc) is 3.14. The van der Waals surface area contributed by atoms with Crippen molar-refractivity contribution in [3.05, 3.63) is 54.0 Å². The quantitative estimate of drug-likeness (QED) is 0.748. The minimum absolute atomic E-state index is 0.0384. The summed E-state index contributed by atoms with van der Waals surface area (Å²) in [5.41, 5.74) is 0.562. The van der Waals surface area contributed by atoms with Gasteiger partial charge in [0.05, 0.1) is 19.4 Å². The van der Waals surface area contributed by atoms with E-state index in [2.05, 4.69) is 5.32 Å². The van der Waals surface area contributed by atoms with Crippen LogP contribution < -0.4 is 10.1 Å². The molecule has 1 amide bonds. The van der Waals surface area contributed by atoms with Gasteiger partial charge in [0.1, 0.15) is 16.4 Å². The summed E-state index contributed by atoms with van der Waals surface area (Å²) < 4.78 is 36.3. The summed E-state index contributed by atoms with van der Waals surface area (Å²) >= 11 is 0. The number of rotatable bonds is 7. The Hall–Kier alpha value is -2.58. The van der Waals surface area contributed by atoms with Crippen LogP contribution in [0.25, 0.3) is 6.08 Å². The van der Waals surface area contributed by atoms with Gasteiger partial charge in [-0.05, 0) is 42.8 Å². The third-order valence-electron chi connectivity index (χ3n) is 3.70. The molecule has 140 valence electrons. The summed E-state index contributed by atoms with van der Waals surface area (Å²) in [5.74, 6) is 0.573. The summed E-state index contributed by atoms with van der Waals surface area (Å²) in [5, 5.41) is 2.77. The molecule has 1 aromatic carbocycles. The average molecular weight is 378 g/mol. The van der Waals surface area contributed by atoms with Crippen molar-refractivity contribution in [2.45, 2.75) is 17.9 Å². The maximum absolute atomic E-state index is 12.4.